The lowest BCUT2D eigenvalue weighted by atomic mass is 10.2. The van der Waals surface area contributed by atoms with Gasteiger partial charge in [0, 0.05) is 6.07 Å². The number of aromatic nitrogens is 3. The van der Waals surface area contributed by atoms with Crippen LogP contribution in [0.4, 0.5) is 5.82 Å². The first-order valence-electron chi connectivity index (χ1n) is 7.25. The Hall–Kier alpha value is -2.37. The molecule has 7 heteroatoms. The van der Waals surface area contributed by atoms with Gasteiger partial charge >= 0.3 is 0 Å². The van der Waals surface area contributed by atoms with Crippen LogP contribution in [0.3, 0.4) is 0 Å². The molecule has 2 heterocycles. The fourth-order valence-electron chi connectivity index (χ4n) is 2.28. The summed E-state index contributed by atoms with van der Waals surface area (Å²) >= 11 is 11.9. The number of nitrogens with one attached hydrogen (secondary N) is 1. The van der Waals surface area contributed by atoms with Crippen molar-refractivity contribution in [3.05, 3.63) is 75.7 Å². The lowest BCUT2D eigenvalue weighted by molar-refractivity contribution is 0.102. The van der Waals surface area contributed by atoms with Gasteiger partial charge in [-0.15, -0.1) is 0 Å². The maximum Gasteiger partial charge on any atom is 0.277 e. The van der Waals surface area contributed by atoms with Crippen molar-refractivity contribution in [2.75, 3.05) is 5.32 Å². The number of hydrogen-bond acceptors (Lipinski definition) is 3. The van der Waals surface area contributed by atoms with Crippen LogP contribution in [0.5, 0.6) is 0 Å². The van der Waals surface area contributed by atoms with E-state index in [-0.39, 0.29) is 15.9 Å². The predicted octanol–water partition coefficient (Wildman–Crippen LogP) is 4.19. The number of rotatable bonds is 4. The van der Waals surface area contributed by atoms with Crippen LogP contribution in [0.1, 0.15) is 21.7 Å². The van der Waals surface area contributed by atoms with E-state index in [1.807, 2.05) is 37.3 Å². The SMILES string of the molecule is Cc1cc(NC(=O)c2nc(Cl)ccc2Cl)n(Cc2ccccc2)n1. The summed E-state index contributed by atoms with van der Waals surface area (Å²) < 4.78 is 1.72. The minimum Gasteiger partial charge on any atom is -0.305 e. The number of anilines is 1. The molecule has 3 rings (SSSR count). The topological polar surface area (TPSA) is 59.8 Å². The van der Waals surface area contributed by atoms with Crippen molar-refractivity contribution in [3.8, 4) is 0 Å². The summed E-state index contributed by atoms with van der Waals surface area (Å²) in [6.07, 6.45) is 0. The fraction of sp³-hybridized carbons (Fsp3) is 0.118. The van der Waals surface area contributed by atoms with E-state index in [1.165, 1.54) is 12.1 Å². The van der Waals surface area contributed by atoms with Gasteiger partial charge < -0.3 is 5.32 Å². The third-order valence-corrected chi connectivity index (χ3v) is 3.86. The Labute approximate surface area is 149 Å². The van der Waals surface area contributed by atoms with Crippen LogP contribution in [0, 0.1) is 6.92 Å². The van der Waals surface area contributed by atoms with Gasteiger partial charge in [-0.05, 0) is 24.6 Å². The molecule has 0 bridgehead atoms. The molecule has 0 spiro atoms. The Morgan fingerprint density at radius 2 is 1.92 bits per heavy atom. The molecule has 2 aromatic heterocycles. The monoisotopic (exact) mass is 360 g/mol. The first-order valence-corrected chi connectivity index (χ1v) is 8.00. The second kappa shape index (κ2) is 7.03. The van der Waals surface area contributed by atoms with Crippen LogP contribution in [0.25, 0.3) is 0 Å². The highest BCUT2D eigenvalue weighted by atomic mass is 35.5. The number of nitrogens with zero attached hydrogens (tertiary/aromatic N) is 3. The van der Waals surface area contributed by atoms with Crippen molar-refractivity contribution >= 4 is 34.9 Å². The molecule has 0 aliphatic rings. The summed E-state index contributed by atoms with van der Waals surface area (Å²) in [4.78, 5) is 16.4. The lowest BCUT2D eigenvalue weighted by Crippen LogP contribution is -2.18. The Morgan fingerprint density at radius 3 is 2.67 bits per heavy atom. The Balaban J connectivity index is 1.85. The van der Waals surface area contributed by atoms with Gasteiger partial charge in [-0.25, -0.2) is 9.67 Å². The molecule has 122 valence electrons. The van der Waals surface area contributed by atoms with E-state index in [9.17, 15) is 4.79 Å². The standard InChI is InChI=1S/C17H14Cl2N4O/c1-11-9-15(23(22-11)10-12-5-3-2-4-6-12)21-17(24)16-13(18)7-8-14(19)20-16/h2-9H,10H2,1H3,(H,21,24). The largest absolute Gasteiger partial charge is 0.305 e. The average Bonchev–Trinajstić information content (AvgIpc) is 2.90. The van der Waals surface area contributed by atoms with Crippen molar-refractivity contribution in [2.45, 2.75) is 13.5 Å². The fourth-order valence-corrected chi connectivity index (χ4v) is 2.61. The summed E-state index contributed by atoms with van der Waals surface area (Å²) in [6, 6.07) is 14.7. The normalized spacial score (nSPS) is 10.6. The van der Waals surface area contributed by atoms with E-state index in [2.05, 4.69) is 15.4 Å². The van der Waals surface area contributed by atoms with Crippen LogP contribution in [0.2, 0.25) is 10.2 Å². The molecule has 0 saturated carbocycles. The van der Waals surface area contributed by atoms with E-state index in [1.54, 1.807) is 10.7 Å². The predicted molar refractivity (Wildman–Crippen MR) is 94.7 cm³/mol. The maximum atomic E-state index is 12.4. The second-order valence-electron chi connectivity index (χ2n) is 5.23. The lowest BCUT2D eigenvalue weighted by Gasteiger charge is -2.09. The Morgan fingerprint density at radius 1 is 1.17 bits per heavy atom. The number of carbonyl (C=O) groups excluding carboxylic acids is 1. The number of benzene rings is 1. The molecule has 0 saturated heterocycles. The molecular formula is C17H14Cl2N4O. The summed E-state index contributed by atoms with van der Waals surface area (Å²) in [7, 11) is 0. The highest BCUT2D eigenvalue weighted by molar-refractivity contribution is 6.35. The van der Waals surface area contributed by atoms with Crippen LogP contribution >= 0.6 is 23.2 Å². The molecule has 0 aliphatic carbocycles. The highest BCUT2D eigenvalue weighted by Crippen LogP contribution is 2.19. The number of pyridine rings is 1. The van der Waals surface area contributed by atoms with Gasteiger partial charge in [-0.1, -0.05) is 53.5 Å². The van der Waals surface area contributed by atoms with E-state index in [4.69, 9.17) is 23.2 Å². The summed E-state index contributed by atoms with van der Waals surface area (Å²) in [5.41, 5.74) is 1.95. The molecule has 0 radical (unpaired) electrons. The van der Waals surface area contributed by atoms with E-state index < -0.39 is 5.91 Å². The third-order valence-electron chi connectivity index (χ3n) is 3.35. The third kappa shape index (κ3) is 3.75. The van der Waals surface area contributed by atoms with Crippen molar-refractivity contribution in [3.63, 3.8) is 0 Å². The summed E-state index contributed by atoms with van der Waals surface area (Å²) in [5.74, 6) is 0.135. The van der Waals surface area contributed by atoms with Crippen molar-refractivity contribution in [2.24, 2.45) is 0 Å². The molecule has 0 atom stereocenters. The van der Waals surface area contributed by atoms with E-state index in [0.29, 0.717) is 12.4 Å². The minimum absolute atomic E-state index is 0.0780. The molecule has 0 fully saturated rings. The number of carbonyl (C=O) groups is 1. The number of amides is 1. The van der Waals surface area contributed by atoms with Crippen LogP contribution in [-0.2, 0) is 6.54 Å². The molecule has 1 N–H and O–H groups in total. The van der Waals surface area contributed by atoms with Gasteiger partial charge in [0.05, 0.1) is 17.3 Å². The number of hydrogen-bond donors (Lipinski definition) is 1. The maximum absolute atomic E-state index is 12.4. The quantitative estimate of drug-likeness (QED) is 0.709. The Kier molecular flexibility index (Phi) is 4.83. The molecule has 5 nitrogen and oxygen atoms in total. The van der Waals surface area contributed by atoms with Crippen molar-refractivity contribution < 1.29 is 4.79 Å². The molecular weight excluding hydrogens is 347 g/mol. The zero-order chi connectivity index (χ0) is 17.1. The van der Waals surface area contributed by atoms with E-state index >= 15 is 0 Å². The zero-order valence-electron chi connectivity index (χ0n) is 12.8. The smallest absolute Gasteiger partial charge is 0.277 e. The first kappa shape index (κ1) is 16.5. The van der Waals surface area contributed by atoms with Crippen molar-refractivity contribution in [1.29, 1.82) is 0 Å². The van der Waals surface area contributed by atoms with Gasteiger partial charge in [0.2, 0.25) is 0 Å². The Bertz CT molecular complexity index is 878. The molecule has 24 heavy (non-hydrogen) atoms. The molecule has 0 aliphatic heterocycles. The van der Waals surface area contributed by atoms with Crippen LogP contribution in [-0.4, -0.2) is 20.7 Å². The second-order valence-corrected chi connectivity index (χ2v) is 6.03. The van der Waals surface area contributed by atoms with Gasteiger partial charge in [-0.3, -0.25) is 4.79 Å². The van der Waals surface area contributed by atoms with Gasteiger partial charge in [-0.2, -0.15) is 5.10 Å². The van der Waals surface area contributed by atoms with Crippen LogP contribution in [0.15, 0.2) is 48.5 Å². The number of halogens is 2. The van der Waals surface area contributed by atoms with Crippen molar-refractivity contribution in [1.82, 2.24) is 14.8 Å². The van der Waals surface area contributed by atoms with Crippen LogP contribution < -0.4 is 5.32 Å². The van der Waals surface area contributed by atoms with E-state index in [0.717, 1.165) is 11.3 Å². The van der Waals surface area contributed by atoms with Gasteiger partial charge in [0.1, 0.15) is 16.7 Å². The molecule has 1 aromatic carbocycles. The summed E-state index contributed by atoms with van der Waals surface area (Å²) in [5, 5.41) is 7.65. The molecule has 0 unspecified atom stereocenters. The zero-order valence-corrected chi connectivity index (χ0v) is 14.3. The van der Waals surface area contributed by atoms with Gasteiger partial charge in [0.25, 0.3) is 5.91 Å². The summed E-state index contributed by atoms with van der Waals surface area (Å²) in [6.45, 7) is 2.41. The molecule has 1 amide bonds. The van der Waals surface area contributed by atoms with Gasteiger partial charge in [0.15, 0.2) is 0 Å². The molecule has 3 aromatic rings. The first-order chi connectivity index (χ1) is 11.5. The minimum atomic E-state index is -0.434. The highest BCUT2D eigenvalue weighted by Gasteiger charge is 2.16. The number of aryl methyl sites for hydroxylation is 1. The average molecular weight is 361 g/mol.